The smallest absolute Gasteiger partial charge is 0.416 e. The zero-order valence-electron chi connectivity index (χ0n) is 12.0. The quantitative estimate of drug-likeness (QED) is 0.830. The van der Waals surface area contributed by atoms with E-state index >= 15 is 0 Å². The monoisotopic (exact) mass is 299 g/mol. The first-order valence-corrected chi connectivity index (χ1v) is 6.16. The Labute approximate surface area is 121 Å². The van der Waals surface area contributed by atoms with Gasteiger partial charge in [-0.25, -0.2) is 4.79 Å². The van der Waals surface area contributed by atoms with E-state index in [2.05, 4.69) is 11.2 Å². The molecular weight excluding hydrogens is 283 g/mol. The average Bonchev–Trinajstić information content (AvgIpc) is 2.27. The van der Waals surface area contributed by atoms with Gasteiger partial charge in [0.15, 0.2) is 0 Å². The molecule has 0 radical (unpaired) electrons. The summed E-state index contributed by atoms with van der Waals surface area (Å²) in [7, 11) is 0. The van der Waals surface area contributed by atoms with Crippen molar-refractivity contribution in [3.8, 4) is 12.3 Å². The molecule has 1 amide bonds. The number of carbonyl (C=O) groups is 1. The second-order valence-electron chi connectivity index (χ2n) is 5.38. The standard InChI is InChI=1S/C15H16F3NO2/c1-5-6-10-7-8-11(15(16,17)18)9-12(10)19-13(20)21-14(2,3)4/h1,7-9H,6H2,2-4H3,(H,19,20). The van der Waals surface area contributed by atoms with Crippen LogP contribution in [-0.2, 0) is 17.3 Å². The van der Waals surface area contributed by atoms with E-state index in [9.17, 15) is 18.0 Å². The highest BCUT2D eigenvalue weighted by Crippen LogP contribution is 2.32. The van der Waals surface area contributed by atoms with Crippen LogP contribution in [0.1, 0.15) is 31.9 Å². The molecule has 0 heterocycles. The van der Waals surface area contributed by atoms with Gasteiger partial charge in [0.25, 0.3) is 0 Å². The summed E-state index contributed by atoms with van der Waals surface area (Å²) in [4.78, 5) is 11.7. The number of carbonyl (C=O) groups excluding carboxylic acids is 1. The molecule has 0 saturated heterocycles. The van der Waals surface area contributed by atoms with Gasteiger partial charge in [-0.3, -0.25) is 5.32 Å². The molecule has 0 aliphatic heterocycles. The number of hydrogen-bond donors (Lipinski definition) is 1. The summed E-state index contributed by atoms with van der Waals surface area (Å²) < 4.78 is 43.1. The lowest BCUT2D eigenvalue weighted by Gasteiger charge is -2.20. The molecule has 0 saturated carbocycles. The largest absolute Gasteiger partial charge is 0.444 e. The molecule has 0 fully saturated rings. The van der Waals surface area contributed by atoms with Gasteiger partial charge in [-0.1, -0.05) is 6.07 Å². The lowest BCUT2D eigenvalue weighted by molar-refractivity contribution is -0.137. The second-order valence-corrected chi connectivity index (χ2v) is 5.38. The van der Waals surface area contributed by atoms with Crippen molar-refractivity contribution in [2.45, 2.75) is 39.0 Å². The van der Waals surface area contributed by atoms with Crippen molar-refractivity contribution in [1.29, 1.82) is 0 Å². The number of rotatable bonds is 2. The molecule has 0 aromatic heterocycles. The third kappa shape index (κ3) is 5.38. The Morgan fingerprint density at radius 1 is 1.33 bits per heavy atom. The minimum atomic E-state index is -4.50. The van der Waals surface area contributed by atoms with Gasteiger partial charge in [-0.15, -0.1) is 12.3 Å². The van der Waals surface area contributed by atoms with Crippen molar-refractivity contribution in [2.75, 3.05) is 5.32 Å². The summed E-state index contributed by atoms with van der Waals surface area (Å²) in [6.45, 7) is 4.96. The van der Waals surface area contributed by atoms with Crippen LogP contribution in [0.25, 0.3) is 0 Å². The fraction of sp³-hybridized carbons (Fsp3) is 0.400. The molecule has 1 rings (SSSR count). The van der Waals surface area contributed by atoms with Crippen molar-refractivity contribution in [1.82, 2.24) is 0 Å². The number of benzene rings is 1. The van der Waals surface area contributed by atoms with E-state index in [-0.39, 0.29) is 12.1 Å². The summed E-state index contributed by atoms with van der Waals surface area (Å²) in [5, 5.41) is 2.31. The van der Waals surface area contributed by atoms with Crippen molar-refractivity contribution in [3.05, 3.63) is 29.3 Å². The lowest BCUT2D eigenvalue weighted by Crippen LogP contribution is -2.27. The summed E-state index contributed by atoms with van der Waals surface area (Å²) in [5.41, 5.74) is -1.21. The Kier molecular flexibility index (Phi) is 4.89. The van der Waals surface area contributed by atoms with Crippen LogP contribution in [0, 0.1) is 12.3 Å². The van der Waals surface area contributed by atoms with Gasteiger partial charge < -0.3 is 4.74 Å². The third-order valence-electron chi connectivity index (χ3n) is 2.37. The fourth-order valence-corrected chi connectivity index (χ4v) is 1.55. The lowest BCUT2D eigenvalue weighted by atomic mass is 10.1. The third-order valence-corrected chi connectivity index (χ3v) is 2.37. The van der Waals surface area contributed by atoms with Crippen LogP contribution < -0.4 is 5.32 Å². The number of nitrogens with one attached hydrogen (secondary N) is 1. The zero-order chi connectivity index (χ0) is 16.3. The van der Waals surface area contributed by atoms with Crippen LogP contribution in [-0.4, -0.2) is 11.7 Å². The molecule has 0 aliphatic carbocycles. The molecule has 1 aromatic rings. The van der Waals surface area contributed by atoms with Crippen molar-refractivity contribution in [3.63, 3.8) is 0 Å². The van der Waals surface area contributed by atoms with Crippen LogP contribution in [0.3, 0.4) is 0 Å². The SMILES string of the molecule is C#CCc1ccc(C(F)(F)F)cc1NC(=O)OC(C)(C)C. The highest BCUT2D eigenvalue weighted by molar-refractivity contribution is 5.86. The Morgan fingerprint density at radius 3 is 2.43 bits per heavy atom. The Hall–Kier alpha value is -2.16. The van der Waals surface area contributed by atoms with E-state index in [1.165, 1.54) is 6.07 Å². The second kappa shape index (κ2) is 6.08. The van der Waals surface area contributed by atoms with E-state index in [4.69, 9.17) is 11.2 Å². The van der Waals surface area contributed by atoms with Crippen LogP contribution >= 0.6 is 0 Å². The van der Waals surface area contributed by atoms with Gasteiger partial charge in [-0.05, 0) is 38.5 Å². The topological polar surface area (TPSA) is 38.3 Å². The Morgan fingerprint density at radius 2 is 1.95 bits per heavy atom. The fourth-order valence-electron chi connectivity index (χ4n) is 1.55. The molecular formula is C15H16F3NO2. The normalized spacial score (nSPS) is 11.7. The van der Waals surface area contributed by atoms with Crippen molar-refractivity contribution >= 4 is 11.8 Å². The van der Waals surface area contributed by atoms with Crippen LogP contribution in [0.2, 0.25) is 0 Å². The van der Waals surface area contributed by atoms with Gasteiger partial charge in [0.2, 0.25) is 0 Å². The summed E-state index contributed by atoms with van der Waals surface area (Å²) in [6, 6.07) is 3.01. The number of terminal acetylenes is 1. The average molecular weight is 299 g/mol. The van der Waals surface area contributed by atoms with E-state index in [0.29, 0.717) is 5.56 Å². The molecule has 0 atom stereocenters. The van der Waals surface area contributed by atoms with Crippen LogP contribution in [0.4, 0.5) is 23.7 Å². The first kappa shape index (κ1) is 16.9. The summed E-state index contributed by atoms with van der Waals surface area (Å²) in [5.74, 6) is 2.33. The van der Waals surface area contributed by atoms with E-state index < -0.39 is 23.4 Å². The minimum absolute atomic E-state index is 0.00275. The first-order valence-electron chi connectivity index (χ1n) is 6.16. The number of halogens is 3. The maximum absolute atomic E-state index is 12.7. The van der Waals surface area contributed by atoms with Gasteiger partial charge in [-0.2, -0.15) is 13.2 Å². The van der Waals surface area contributed by atoms with Gasteiger partial charge in [0.05, 0.1) is 5.56 Å². The molecule has 1 N–H and O–H groups in total. The van der Waals surface area contributed by atoms with Gasteiger partial charge in [0, 0.05) is 12.1 Å². The molecule has 0 aliphatic rings. The van der Waals surface area contributed by atoms with E-state index in [1.54, 1.807) is 20.8 Å². The first-order chi connectivity index (χ1) is 9.53. The molecule has 0 unspecified atom stereocenters. The number of hydrogen-bond acceptors (Lipinski definition) is 2. The maximum atomic E-state index is 12.7. The molecule has 114 valence electrons. The Balaban J connectivity index is 3.07. The number of ether oxygens (including phenoxy) is 1. The highest BCUT2D eigenvalue weighted by Gasteiger charge is 2.31. The zero-order valence-corrected chi connectivity index (χ0v) is 12.0. The van der Waals surface area contributed by atoms with Crippen LogP contribution in [0.15, 0.2) is 18.2 Å². The van der Waals surface area contributed by atoms with E-state index in [0.717, 1.165) is 12.1 Å². The number of alkyl halides is 3. The Bertz CT molecular complexity index is 566. The van der Waals surface area contributed by atoms with Crippen LogP contribution in [0.5, 0.6) is 0 Å². The minimum Gasteiger partial charge on any atom is -0.444 e. The van der Waals surface area contributed by atoms with E-state index in [1.807, 2.05) is 0 Å². The molecule has 0 bridgehead atoms. The number of amides is 1. The van der Waals surface area contributed by atoms with Gasteiger partial charge >= 0.3 is 12.3 Å². The number of anilines is 1. The maximum Gasteiger partial charge on any atom is 0.416 e. The molecule has 6 heteroatoms. The summed E-state index contributed by atoms with van der Waals surface area (Å²) in [6.07, 6.45) is -0.0641. The van der Waals surface area contributed by atoms with Gasteiger partial charge in [0.1, 0.15) is 5.60 Å². The predicted octanol–water partition coefficient (Wildman–Crippen LogP) is 4.23. The summed E-state index contributed by atoms with van der Waals surface area (Å²) >= 11 is 0. The molecule has 3 nitrogen and oxygen atoms in total. The molecule has 1 aromatic carbocycles. The molecule has 21 heavy (non-hydrogen) atoms. The van der Waals surface area contributed by atoms with Crippen molar-refractivity contribution < 1.29 is 22.7 Å². The molecule has 0 spiro atoms. The van der Waals surface area contributed by atoms with Crippen molar-refractivity contribution in [2.24, 2.45) is 0 Å². The highest BCUT2D eigenvalue weighted by atomic mass is 19.4. The predicted molar refractivity (Wildman–Crippen MR) is 73.8 cm³/mol.